The lowest BCUT2D eigenvalue weighted by molar-refractivity contribution is 0.508. The van der Waals surface area contributed by atoms with Gasteiger partial charge >= 0.3 is 0 Å². The number of rotatable bonds is 4. The summed E-state index contributed by atoms with van der Waals surface area (Å²) < 4.78 is 28.1. The van der Waals surface area contributed by atoms with Crippen LogP contribution in [0.1, 0.15) is 6.42 Å². The number of hydrogen-bond donors (Lipinski definition) is 1. The average molecular weight is 399 g/mol. The van der Waals surface area contributed by atoms with E-state index in [0.717, 1.165) is 25.6 Å². The van der Waals surface area contributed by atoms with Crippen molar-refractivity contribution in [3.05, 3.63) is 50.9 Å². The molecule has 1 unspecified atom stereocenters. The van der Waals surface area contributed by atoms with Gasteiger partial charge < -0.3 is 10.2 Å². The Bertz CT molecular complexity index is 811. The van der Waals surface area contributed by atoms with Crippen LogP contribution in [0.25, 0.3) is 0 Å². The predicted octanol–water partition coefficient (Wildman–Crippen LogP) is 2.76. The molecule has 1 aromatic heterocycles. The summed E-state index contributed by atoms with van der Waals surface area (Å²) >= 11 is 3.28. The molecule has 2 heterocycles. The van der Waals surface area contributed by atoms with Gasteiger partial charge in [-0.05, 0) is 40.4 Å². The minimum atomic E-state index is -0.834. The molecule has 1 atom stereocenters. The average Bonchev–Trinajstić information content (AvgIpc) is 3.03. The van der Waals surface area contributed by atoms with E-state index < -0.39 is 11.6 Å². The van der Waals surface area contributed by atoms with Crippen LogP contribution in [0, 0.1) is 17.6 Å². The number of aryl methyl sites for hydroxylation is 1. The number of nitrogens with zero attached hydrogens (tertiary/aromatic N) is 3. The van der Waals surface area contributed by atoms with Crippen molar-refractivity contribution in [1.29, 1.82) is 0 Å². The third-order valence-corrected chi connectivity index (χ3v) is 4.98. The fourth-order valence-electron chi connectivity index (χ4n) is 2.80. The van der Waals surface area contributed by atoms with Gasteiger partial charge in [-0.1, -0.05) is 0 Å². The fourth-order valence-corrected chi connectivity index (χ4v) is 3.30. The summed E-state index contributed by atoms with van der Waals surface area (Å²) in [5.41, 5.74) is 1.15. The van der Waals surface area contributed by atoms with Crippen molar-refractivity contribution in [1.82, 2.24) is 9.78 Å². The van der Waals surface area contributed by atoms with Gasteiger partial charge in [0.1, 0.15) is 4.47 Å². The maximum atomic E-state index is 13.4. The molecule has 1 aliphatic rings. The number of aromatic nitrogens is 2. The third-order valence-electron chi connectivity index (χ3n) is 4.21. The Hall–Kier alpha value is -1.96. The third kappa shape index (κ3) is 3.43. The Morgan fingerprint density at radius 1 is 1.38 bits per heavy atom. The normalized spacial score (nSPS) is 17.3. The van der Waals surface area contributed by atoms with Crippen LogP contribution < -0.4 is 15.8 Å². The van der Waals surface area contributed by atoms with Crippen LogP contribution in [0.2, 0.25) is 0 Å². The molecule has 1 saturated heterocycles. The van der Waals surface area contributed by atoms with Crippen molar-refractivity contribution in [2.75, 3.05) is 29.9 Å². The lowest BCUT2D eigenvalue weighted by atomic mass is 10.1. The van der Waals surface area contributed by atoms with Crippen molar-refractivity contribution in [2.45, 2.75) is 6.42 Å². The number of nitrogens with one attached hydrogen (secondary N) is 1. The zero-order chi connectivity index (χ0) is 17.3. The molecule has 1 N–H and O–H groups in total. The molecule has 0 amide bonds. The van der Waals surface area contributed by atoms with E-state index in [1.807, 2.05) is 4.90 Å². The predicted molar refractivity (Wildman–Crippen MR) is 92.3 cm³/mol. The Labute approximate surface area is 146 Å². The maximum Gasteiger partial charge on any atom is 0.282 e. The van der Waals surface area contributed by atoms with Gasteiger partial charge in [-0.2, -0.15) is 5.10 Å². The highest BCUT2D eigenvalue weighted by Gasteiger charge is 2.23. The molecule has 0 saturated carbocycles. The van der Waals surface area contributed by atoms with E-state index in [1.165, 1.54) is 10.7 Å². The van der Waals surface area contributed by atoms with E-state index in [4.69, 9.17) is 0 Å². The second-order valence-electron chi connectivity index (χ2n) is 5.88. The molecule has 0 bridgehead atoms. The summed E-state index contributed by atoms with van der Waals surface area (Å²) in [5, 5.41) is 7.22. The Morgan fingerprint density at radius 3 is 2.92 bits per heavy atom. The van der Waals surface area contributed by atoms with E-state index in [-0.39, 0.29) is 5.56 Å². The van der Waals surface area contributed by atoms with E-state index in [2.05, 4.69) is 26.3 Å². The van der Waals surface area contributed by atoms with E-state index in [0.29, 0.717) is 28.3 Å². The highest BCUT2D eigenvalue weighted by Crippen LogP contribution is 2.26. The molecule has 3 rings (SSSR count). The molecule has 8 heteroatoms. The molecule has 5 nitrogen and oxygen atoms in total. The van der Waals surface area contributed by atoms with Gasteiger partial charge in [0.05, 0.1) is 11.9 Å². The largest absolute Gasteiger partial charge is 0.382 e. The summed E-state index contributed by atoms with van der Waals surface area (Å²) in [5.74, 6) is -1.32. The second-order valence-corrected chi connectivity index (χ2v) is 6.67. The van der Waals surface area contributed by atoms with Gasteiger partial charge in [-0.15, -0.1) is 0 Å². The SMILES string of the molecule is Cn1ncc(NCC2CCN(c3ccc(F)c(F)c3)C2)c(Br)c1=O. The summed E-state index contributed by atoms with van der Waals surface area (Å²) in [6, 6.07) is 3.97. The van der Waals surface area contributed by atoms with Crippen LogP contribution in [0.3, 0.4) is 0 Å². The second kappa shape index (κ2) is 6.88. The number of benzene rings is 1. The molecule has 2 aromatic rings. The van der Waals surface area contributed by atoms with Crippen LogP contribution in [-0.4, -0.2) is 29.4 Å². The quantitative estimate of drug-likeness (QED) is 0.859. The van der Waals surface area contributed by atoms with Crippen LogP contribution in [0.15, 0.2) is 33.7 Å². The van der Waals surface area contributed by atoms with Gasteiger partial charge in [-0.3, -0.25) is 4.79 Å². The first kappa shape index (κ1) is 16.9. The van der Waals surface area contributed by atoms with Gasteiger partial charge in [0.2, 0.25) is 0 Å². The monoisotopic (exact) mass is 398 g/mol. The smallest absolute Gasteiger partial charge is 0.282 e. The maximum absolute atomic E-state index is 13.4. The first-order valence-corrected chi connectivity index (χ1v) is 8.40. The van der Waals surface area contributed by atoms with Crippen molar-refractivity contribution < 1.29 is 8.78 Å². The Kier molecular flexibility index (Phi) is 4.84. The van der Waals surface area contributed by atoms with Gasteiger partial charge in [0, 0.05) is 38.4 Å². The molecule has 128 valence electrons. The molecule has 0 aliphatic carbocycles. The summed E-state index contributed by atoms with van der Waals surface area (Å²) in [6.45, 7) is 2.20. The topological polar surface area (TPSA) is 50.2 Å². The first-order valence-electron chi connectivity index (χ1n) is 7.61. The fraction of sp³-hybridized carbons (Fsp3) is 0.375. The molecular weight excluding hydrogens is 382 g/mol. The Morgan fingerprint density at radius 2 is 2.17 bits per heavy atom. The molecule has 1 fully saturated rings. The standard InChI is InChI=1S/C16H17BrF2N4O/c1-22-16(24)15(17)14(8-21-22)20-7-10-4-5-23(9-10)11-2-3-12(18)13(19)6-11/h2-3,6,8,10,20H,4-5,7,9H2,1H3. The highest BCUT2D eigenvalue weighted by atomic mass is 79.9. The van der Waals surface area contributed by atoms with Gasteiger partial charge in [0.15, 0.2) is 11.6 Å². The summed E-state index contributed by atoms with van der Waals surface area (Å²) in [4.78, 5) is 13.9. The highest BCUT2D eigenvalue weighted by molar-refractivity contribution is 9.10. The molecule has 0 radical (unpaired) electrons. The van der Waals surface area contributed by atoms with Crippen molar-refractivity contribution in [2.24, 2.45) is 13.0 Å². The van der Waals surface area contributed by atoms with Crippen molar-refractivity contribution in [3.8, 4) is 0 Å². The number of hydrogen-bond acceptors (Lipinski definition) is 4. The zero-order valence-electron chi connectivity index (χ0n) is 13.1. The lowest BCUT2D eigenvalue weighted by Crippen LogP contribution is -2.24. The van der Waals surface area contributed by atoms with Crippen LogP contribution in [0.4, 0.5) is 20.2 Å². The molecule has 1 aromatic carbocycles. The minimum absolute atomic E-state index is 0.199. The van der Waals surface area contributed by atoms with E-state index in [1.54, 1.807) is 19.3 Å². The van der Waals surface area contributed by atoms with Crippen LogP contribution >= 0.6 is 15.9 Å². The lowest BCUT2D eigenvalue weighted by Gasteiger charge is -2.19. The van der Waals surface area contributed by atoms with Crippen LogP contribution in [-0.2, 0) is 7.05 Å². The minimum Gasteiger partial charge on any atom is -0.382 e. The summed E-state index contributed by atoms with van der Waals surface area (Å²) in [7, 11) is 1.59. The van der Waals surface area contributed by atoms with Crippen LogP contribution in [0.5, 0.6) is 0 Å². The van der Waals surface area contributed by atoms with E-state index >= 15 is 0 Å². The van der Waals surface area contributed by atoms with Gasteiger partial charge in [-0.25, -0.2) is 13.5 Å². The molecule has 24 heavy (non-hydrogen) atoms. The van der Waals surface area contributed by atoms with E-state index in [9.17, 15) is 13.6 Å². The summed E-state index contributed by atoms with van der Waals surface area (Å²) in [6.07, 6.45) is 2.54. The van der Waals surface area contributed by atoms with Crippen molar-refractivity contribution in [3.63, 3.8) is 0 Å². The molecule has 0 spiro atoms. The number of anilines is 2. The Balaban J connectivity index is 1.61. The van der Waals surface area contributed by atoms with Gasteiger partial charge in [0.25, 0.3) is 5.56 Å². The zero-order valence-corrected chi connectivity index (χ0v) is 14.7. The molecule has 1 aliphatic heterocycles. The first-order chi connectivity index (χ1) is 11.5. The number of halogens is 3. The van der Waals surface area contributed by atoms with Crippen molar-refractivity contribution >= 4 is 27.3 Å². The molecular formula is C16H17BrF2N4O.